The summed E-state index contributed by atoms with van der Waals surface area (Å²) < 4.78 is 4.77. The average Bonchev–Trinajstić information content (AvgIpc) is 2.75. The number of nitrogens with zero attached hydrogens (tertiary/aromatic N) is 2. The molecule has 1 aromatic heterocycles. The van der Waals surface area contributed by atoms with Crippen molar-refractivity contribution < 1.29 is 14.3 Å². The summed E-state index contributed by atoms with van der Waals surface area (Å²) in [4.78, 5) is 30.9. The molecule has 6 nitrogen and oxygen atoms in total. The molecular formula is C22H21N3O3. The summed E-state index contributed by atoms with van der Waals surface area (Å²) >= 11 is 0. The number of anilines is 3. The zero-order chi connectivity index (χ0) is 19.9. The highest BCUT2D eigenvalue weighted by atomic mass is 16.5. The van der Waals surface area contributed by atoms with E-state index in [2.05, 4.69) is 15.2 Å². The normalized spacial score (nSPS) is 10.2. The molecule has 0 radical (unpaired) electrons. The molecule has 0 saturated heterocycles. The molecule has 28 heavy (non-hydrogen) atoms. The number of methoxy groups -OCH3 is 1. The Morgan fingerprint density at radius 1 is 1.00 bits per heavy atom. The van der Waals surface area contributed by atoms with Gasteiger partial charge in [-0.2, -0.15) is 0 Å². The van der Waals surface area contributed by atoms with Gasteiger partial charge in [0.2, 0.25) is 0 Å². The van der Waals surface area contributed by atoms with Crippen LogP contribution in [-0.4, -0.2) is 30.5 Å². The van der Waals surface area contributed by atoms with Gasteiger partial charge in [0.15, 0.2) is 0 Å². The SMILES string of the molecule is CCN(c1ccccc1)c1cncc(C(=O)Nc2ccccc2C(=O)OC)c1. The molecule has 6 heteroatoms. The summed E-state index contributed by atoms with van der Waals surface area (Å²) in [5.74, 6) is -0.862. The Bertz CT molecular complexity index is 974. The Balaban J connectivity index is 1.86. The van der Waals surface area contributed by atoms with Crippen LogP contribution in [0.2, 0.25) is 0 Å². The lowest BCUT2D eigenvalue weighted by Crippen LogP contribution is -2.19. The third-order valence-electron chi connectivity index (χ3n) is 4.26. The van der Waals surface area contributed by atoms with Crippen LogP contribution in [0.1, 0.15) is 27.6 Å². The first-order chi connectivity index (χ1) is 13.6. The summed E-state index contributed by atoms with van der Waals surface area (Å²) in [5.41, 5.74) is 2.90. The molecule has 2 aromatic carbocycles. The number of rotatable bonds is 6. The number of amides is 1. The van der Waals surface area contributed by atoms with E-state index in [1.807, 2.05) is 37.3 Å². The van der Waals surface area contributed by atoms with Crippen LogP contribution in [0.4, 0.5) is 17.1 Å². The Kier molecular flexibility index (Phi) is 6.01. The Morgan fingerprint density at radius 3 is 2.43 bits per heavy atom. The minimum atomic E-state index is -0.510. The van der Waals surface area contributed by atoms with Crippen LogP contribution in [0, 0.1) is 0 Å². The fourth-order valence-corrected chi connectivity index (χ4v) is 2.90. The molecule has 0 saturated carbocycles. The van der Waals surface area contributed by atoms with Gasteiger partial charge in [0, 0.05) is 18.4 Å². The average molecular weight is 375 g/mol. The lowest BCUT2D eigenvalue weighted by molar-refractivity contribution is 0.0602. The highest BCUT2D eigenvalue weighted by molar-refractivity contribution is 6.08. The number of ether oxygens (including phenoxy) is 1. The number of carbonyl (C=O) groups excluding carboxylic acids is 2. The molecule has 142 valence electrons. The monoisotopic (exact) mass is 375 g/mol. The molecule has 1 N–H and O–H groups in total. The van der Waals surface area contributed by atoms with Crippen molar-refractivity contribution in [2.75, 3.05) is 23.9 Å². The second kappa shape index (κ2) is 8.81. The van der Waals surface area contributed by atoms with Crippen molar-refractivity contribution in [1.82, 2.24) is 4.98 Å². The van der Waals surface area contributed by atoms with Gasteiger partial charge in [0.25, 0.3) is 5.91 Å². The summed E-state index contributed by atoms with van der Waals surface area (Å²) in [5, 5.41) is 2.77. The maximum Gasteiger partial charge on any atom is 0.339 e. The van der Waals surface area contributed by atoms with Crippen molar-refractivity contribution in [3.63, 3.8) is 0 Å². The molecule has 0 unspecified atom stereocenters. The van der Waals surface area contributed by atoms with E-state index in [-0.39, 0.29) is 5.91 Å². The van der Waals surface area contributed by atoms with Crippen LogP contribution in [0.5, 0.6) is 0 Å². The number of pyridine rings is 1. The van der Waals surface area contributed by atoms with Gasteiger partial charge in [-0.05, 0) is 37.3 Å². The van der Waals surface area contributed by atoms with E-state index in [1.165, 1.54) is 13.3 Å². The van der Waals surface area contributed by atoms with Gasteiger partial charge in [-0.15, -0.1) is 0 Å². The van der Waals surface area contributed by atoms with Gasteiger partial charge < -0.3 is 15.0 Å². The molecule has 3 aromatic rings. The van der Waals surface area contributed by atoms with Crippen LogP contribution in [0.3, 0.4) is 0 Å². The maximum atomic E-state index is 12.8. The zero-order valence-electron chi connectivity index (χ0n) is 15.8. The number of hydrogen-bond donors (Lipinski definition) is 1. The molecule has 0 atom stereocenters. The van der Waals surface area contributed by atoms with Crippen LogP contribution in [0.15, 0.2) is 73.1 Å². The fourth-order valence-electron chi connectivity index (χ4n) is 2.90. The van der Waals surface area contributed by atoms with E-state index < -0.39 is 5.97 Å². The largest absolute Gasteiger partial charge is 0.465 e. The summed E-state index contributed by atoms with van der Waals surface area (Å²) in [6, 6.07) is 18.4. The highest BCUT2D eigenvalue weighted by Crippen LogP contribution is 2.25. The first-order valence-electron chi connectivity index (χ1n) is 8.90. The van der Waals surface area contributed by atoms with Crippen LogP contribution < -0.4 is 10.2 Å². The minimum Gasteiger partial charge on any atom is -0.465 e. The number of esters is 1. The molecule has 0 fully saturated rings. The Hall–Kier alpha value is -3.67. The van der Waals surface area contributed by atoms with E-state index in [4.69, 9.17) is 4.74 Å². The number of carbonyl (C=O) groups is 2. The molecule has 0 aliphatic carbocycles. The maximum absolute atomic E-state index is 12.8. The third kappa shape index (κ3) is 4.17. The number of nitrogens with one attached hydrogen (secondary N) is 1. The molecular weight excluding hydrogens is 354 g/mol. The van der Waals surface area contributed by atoms with Gasteiger partial charge in [-0.3, -0.25) is 9.78 Å². The van der Waals surface area contributed by atoms with Crippen LogP contribution >= 0.6 is 0 Å². The van der Waals surface area contributed by atoms with E-state index in [9.17, 15) is 9.59 Å². The van der Waals surface area contributed by atoms with E-state index >= 15 is 0 Å². The predicted molar refractivity (Wildman–Crippen MR) is 109 cm³/mol. The first-order valence-corrected chi connectivity index (χ1v) is 8.90. The third-order valence-corrected chi connectivity index (χ3v) is 4.26. The summed E-state index contributed by atoms with van der Waals surface area (Å²) in [6.07, 6.45) is 3.22. The molecule has 3 rings (SSSR count). The van der Waals surface area contributed by atoms with Gasteiger partial charge in [0.05, 0.1) is 35.8 Å². The van der Waals surface area contributed by atoms with Crippen molar-refractivity contribution in [2.24, 2.45) is 0 Å². The van der Waals surface area contributed by atoms with E-state index in [0.29, 0.717) is 16.8 Å². The highest BCUT2D eigenvalue weighted by Gasteiger charge is 2.16. The predicted octanol–water partition coefficient (Wildman–Crippen LogP) is 4.28. The van der Waals surface area contributed by atoms with Crippen molar-refractivity contribution in [2.45, 2.75) is 6.92 Å². The van der Waals surface area contributed by atoms with Crippen LogP contribution in [0.25, 0.3) is 0 Å². The molecule has 0 spiro atoms. The number of benzene rings is 2. The number of para-hydroxylation sites is 2. The number of aromatic nitrogens is 1. The van der Waals surface area contributed by atoms with Gasteiger partial charge >= 0.3 is 5.97 Å². The van der Waals surface area contributed by atoms with Crippen molar-refractivity contribution in [3.8, 4) is 0 Å². The lowest BCUT2D eigenvalue weighted by atomic mass is 10.1. The lowest BCUT2D eigenvalue weighted by Gasteiger charge is -2.23. The van der Waals surface area contributed by atoms with E-state index in [1.54, 1.807) is 36.5 Å². The van der Waals surface area contributed by atoms with Gasteiger partial charge in [0.1, 0.15) is 0 Å². The second-order valence-electron chi connectivity index (χ2n) is 6.00. The molecule has 0 aliphatic heterocycles. The van der Waals surface area contributed by atoms with Crippen LogP contribution in [-0.2, 0) is 4.74 Å². The second-order valence-corrected chi connectivity index (χ2v) is 6.00. The quantitative estimate of drug-likeness (QED) is 0.651. The zero-order valence-corrected chi connectivity index (χ0v) is 15.8. The van der Waals surface area contributed by atoms with Crippen molar-refractivity contribution >= 4 is 28.9 Å². The minimum absolute atomic E-state index is 0.293. The van der Waals surface area contributed by atoms with Crippen molar-refractivity contribution in [3.05, 3.63) is 84.2 Å². The summed E-state index contributed by atoms with van der Waals surface area (Å²) in [7, 11) is 1.30. The summed E-state index contributed by atoms with van der Waals surface area (Å²) in [6.45, 7) is 2.76. The molecule has 0 bridgehead atoms. The molecule has 0 aliphatic rings. The number of hydrogen-bond acceptors (Lipinski definition) is 5. The Labute approximate surface area is 163 Å². The molecule has 1 heterocycles. The fraction of sp³-hybridized carbons (Fsp3) is 0.136. The Morgan fingerprint density at radius 2 is 1.71 bits per heavy atom. The van der Waals surface area contributed by atoms with E-state index in [0.717, 1.165) is 17.9 Å². The topological polar surface area (TPSA) is 71.5 Å². The van der Waals surface area contributed by atoms with Gasteiger partial charge in [-0.1, -0.05) is 30.3 Å². The smallest absolute Gasteiger partial charge is 0.339 e. The van der Waals surface area contributed by atoms with Crippen molar-refractivity contribution in [1.29, 1.82) is 0 Å². The first kappa shape index (κ1) is 19.1. The van der Waals surface area contributed by atoms with Gasteiger partial charge in [-0.25, -0.2) is 4.79 Å². The molecule has 1 amide bonds. The standard InChI is InChI=1S/C22H21N3O3/c1-3-25(17-9-5-4-6-10-17)18-13-16(14-23-15-18)21(26)24-20-12-8-7-11-19(20)22(27)28-2/h4-15H,3H2,1-2H3,(H,24,26).